The Labute approximate surface area is 141 Å². The molecule has 0 aromatic heterocycles. The second kappa shape index (κ2) is 8.04. The van der Waals surface area contributed by atoms with Crippen molar-refractivity contribution in [1.82, 2.24) is 10.2 Å². The minimum absolute atomic E-state index is 0.128. The number of nitrogens with zero attached hydrogens (tertiary/aromatic N) is 1. The Bertz CT molecular complexity index is 529. The van der Waals surface area contributed by atoms with Crippen molar-refractivity contribution in [3.05, 3.63) is 27.7 Å². The number of likely N-dealkylation sites (tertiary alicyclic amines) is 1. The van der Waals surface area contributed by atoms with Crippen LogP contribution < -0.4 is 10.1 Å². The van der Waals surface area contributed by atoms with E-state index < -0.39 is 0 Å². The highest BCUT2D eigenvalue weighted by atomic mass is 35.5. The summed E-state index contributed by atoms with van der Waals surface area (Å²) < 4.78 is 5.16. The molecule has 1 aliphatic rings. The Morgan fingerprint density at radius 2 is 2.00 bits per heavy atom. The van der Waals surface area contributed by atoms with Crippen LogP contribution in [0, 0.1) is 5.92 Å². The molecule has 0 unspecified atom stereocenters. The molecule has 0 spiro atoms. The first kappa shape index (κ1) is 17.4. The van der Waals surface area contributed by atoms with Crippen LogP contribution in [0.25, 0.3) is 0 Å². The Hall–Kier alpha value is -0.970. The fourth-order valence-electron chi connectivity index (χ4n) is 2.80. The smallest absolute Gasteiger partial charge is 0.220 e. The first-order chi connectivity index (χ1) is 10.5. The Morgan fingerprint density at radius 3 is 2.59 bits per heavy atom. The van der Waals surface area contributed by atoms with Crippen molar-refractivity contribution in [2.24, 2.45) is 5.92 Å². The van der Waals surface area contributed by atoms with Gasteiger partial charge in [-0.25, -0.2) is 0 Å². The van der Waals surface area contributed by atoms with Gasteiger partial charge in [0.05, 0.1) is 12.1 Å². The Kier molecular flexibility index (Phi) is 6.36. The largest absolute Gasteiger partial charge is 0.495 e. The van der Waals surface area contributed by atoms with Crippen LogP contribution in [0.4, 0.5) is 0 Å². The highest BCUT2D eigenvalue weighted by molar-refractivity contribution is 6.34. The maximum atomic E-state index is 11.4. The highest BCUT2D eigenvalue weighted by Gasteiger charge is 2.22. The number of hydrogen-bond donors (Lipinski definition) is 1. The molecule has 1 saturated heterocycles. The Balaban J connectivity index is 1.91. The van der Waals surface area contributed by atoms with Crippen molar-refractivity contribution in [3.8, 4) is 5.75 Å². The summed E-state index contributed by atoms with van der Waals surface area (Å²) in [5.74, 6) is 1.20. The molecule has 6 heteroatoms. The SMILES string of the molecule is CNC(=O)CC1CCN(Cc2cc(Cl)c(OC)cc2Cl)CC1. The van der Waals surface area contributed by atoms with Crippen LogP contribution >= 0.6 is 23.2 Å². The molecular weight excluding hydrogens is 323 g/mol. The standard InChI is InChI=1S/C16H22Cl2N2O2/c1-19-16(21)7-11-3-5-20(6-4-11)10-12-8-14(18)15(22-2)9-13(12)17/h8-9,11H,3-7,10H2,1-2H3,(H,19,21). The van der Waals surface area contributed by atoms with Crippen LogP contribution in [0.2, 0.25) is 10.0 Å². The van der Waals surface area contributed by atoms with E-state index in [0.29, 0.717) is 28.1 Å². The van der Waals surface area contributed by atoms with Crippen molar-refractivity contribution < 1.29 is 9.53 Å². The summed E-state index contributed by atoms with van der Waals surface area (Å²) in [5, 5.41) is 3.95. The van der Waals surface area contributed by atoms with Gasteiger partial charge in [-0.3, -0.25) is 9.69 Å². The van der Waals surface area contributed by atoms with Crippen molar-refractivity contribution in [3.63, 3.8) is 0 Å². The van der Waals surface area contributed by atoms with Gasteiger partial charge in [-0.2, -0.15) is 0 Å². The lowest BCUT2D eigenvalue weighted by atomic mass is 9.93. The number of carbonyl (C=O) groups is 1. The highest BCUT2D eigenvalue weighted by Crippen LogP contribution is 2.32. The van der Waals surface area contributed by atoms with Crippen LogP contribution in [0.5, 0.6) is 5.75 Å². The van der Waals surface area contributed by atoms with E-state index in [2.05, 4.69) is 10.2 Å². The van der Waals surface area contributed by atoms with Crippen molar-refractivity contribution in [1.29, 1.82) is 0 Å². The zero-order chi connectivity index (χ0) is 16.1. The first-order valence-corrected chi connectivity index (χ1v) is 8.24. The molecule has 0 saturated carbocycles. The molecule has 1 aromatic carbocycles. The van der Waals surface area contributed by atoms with Crippen LogP contribution in [-0.4, -0.2) is 38.1 Å². The summed E-state index contributed by atoms with van der Waals surface area (Å²) in [7, 11) is 3.27. The third kappa shape index (κ3) is 4.51. The summed E-state index contributed by atoms with van der Waals surface area (Å²) in [5.41, 5.74) is 1.01. The molecule has 1 aliphatic heterocycles. The van der Waals surface area contributed by atoms with Gasteiger partial charge in [-0.1, -0.05) is 23.2 Å². The molecule has 1 fully saturated rings. The average molecular weight is 345 g/mol. The van der Waals surface area contributed by atoms with E-state index in [-0.39, 0.29) is 5.91 Å². The van der Waals surface area contributed by atoms with E-state index in [1.807, 2.05) is 6.07 Å². The lowest BCUT2D eigenvalue weighted by molar-refractivity contribution is -0.121. The third-order valence-corrected chi connectivity index (χ3v) is 4.82. The van der Waals surface area contributed by atoms with Crippen molar-refractivity contribution in [2.45, 2.75) is 25.8 Å². The van der Waals surface area contributed by atoms with Gasteiger partial charge in [0, 0.05) is 31.1 Å². The first-order valence-electron chi connectivity index (χ1n) is 7.48. The maximum Gasteiger partial charge on any atom is 0.220 e. The molecule has 1 aromatic rings. The second-order valence-corrected chi connectivity index (χ2v) is 6.49. The lowest BCUT2D eigenvalue weighted by Crippen LogP contribution is -2.35. The average Bonchev–Trinajstić information content (AvgIpc) is 2.52. The molecule has 1 amide bonds. The summed E-state index contributed by atoms with van der Waals surface area (Å²) in [4.78, 5) is 13.8. The number of ether oxygens (including phenoxy) is 1. The topological polar surface area (TPSA) is 41.6 Å². The third-order valence-electron chi connectivity index (χ3n) is 4.17. The molecule has 1 N–H and O–H groups in total. The van der Waals surface area contributed by atoms with Crippen LogP contribution in [0.15, 0.2) is 12.1 Å². The molecule has 0 aliphatic carbocycles. The number of piperidine rings is 1. The number of benzene rings is 1. The van der Waals surface area contributed by atoms with E-state index in [1.54, 1.807) is 20.2 Å². The summed E-state index contributed by atoms with van der Waals surface area (Å²) in [6.07, 6.45) is 2.70. The summed E-state index contributed by atoms with van der Waals surface area (Å²) >= 11 is 12.5. The molecule has 122 valence electrons. The molecule has 22 heavy (non-hydrogen) atoms. The van der Waals surface area contributed by atoms with Crippen LogP contribution in [0.3, 0.4) is 0 Å². The van der Waals surface area contributed by atoms with Gasteiger partial charge in [-0.05, 0) is 43.5 Å². The number of amides is 1. The second-order valence-electron chi connectivity index (χ2n) is 5.67. The zero-order valence-corrected chi connectivity index (χ0v) is 14.5. The molecule has 0 bridgehead atoms. The van der Waals surface area contributed by atoms with Crippen molar-refractivity contribution >= 4 is 29.1 Å². The van der Waals surface area contributed by atoms with Gasteiger partial charge in [-0.15, -0.1) is 0 Å². The molecule has 2 rings (SSSR count). The zero-order valence-electron chi connectivity index (χ0n) is 13.0. The van der Waals surface area contributed by atoms with Gasteiger partial charge in [0.1, 0.15) is 5.75 Å². The molecule has 1 heterocycles. The van der Waals surface area contributed by atoms with E-state index >= 15 is 0 Å². The number of nitrogens with one attached hydrogen (secondary N) is 1. The monoisotopic (exact) mass is 344 g/mol. The molecule has 0 atom stereocenters. The fourth-order valence-corrected chi connectivity index (χ4v) is 3.28. The van der Waals surface area contributed by atoms with Crippen LogP contribution in [0.1, 0.15) is 24.8 Å². The fraction of sp³-hybridized carbons (Fsp3) is 0.562. The summed E-state index contributed by atoms with van der Waals surface area (Å²) in [6.45, 7) is 2.72. The van der Waals surface area contributed by atoms with Gasteiger partial charge < -0.3 is 10.1 Å². The number of hydrogen-bond acceptors (Lipinski definition) is 3. The van der Waals surface area contributed by atoms with Gasteiger partial charge in [0.25, 0.3) is 0 Å². The van der Waals surface area contributed by atoms with E-state index in [1.165, 1.54) is 0 Å². The van der Waals surface area contributed by atoms with E-state index in [4.69, 9.17) is 27.9 Å². The molecule has 4 nitrogen and oxygen atoms in total. The predicted octanol–water partition coefficient (Wildman–Crippen LogP) is 3.35. The van der Waals surface area contributed by atoms with E-state index in [9.17, 15) is 4.79 Å². The quantitative estimate of drug-likeness (QED) is 0.890. The van der Waals surface area contributed by atoms with Crippen LogP contribution in [-0.2, 0) is 11.3 Å². The van der Waals surface area contributed by atoms with Gasteiger partial charge in [0.2, 0.25) is 5.91 Å². The molecular formula is C16H22Cl2N2O2. The maximum absolute atomic E-state index is 11.4. The summed E-state index contributed by atoms with van der Waals surface area (Å²) in [6, 6.07) is 3.64. The normalized spacial score (nSPS) is 16.5. The lowest BCUT2D eigenvalue weighted by Gasteiger charge is -2.32. The van der Waals surface area contributed by atoms with Crippen molar-refractivity contribution in [2.75, 3.05) is 27.2 Å². The number of rotatable bonds is 5. The minimum atomic E-state index is 0.128. The van der Waals surface area contributed by atoms with Gasteiger partial charge in [0.15, 0.2) is 0 Å². The Morgan fingerprint density at radius 1 is 1.32 bits per heavy atom. The minimum Gasteiger partial charge on any atom is -0.495 e. The van der Waals surface area contributed by atoms with Gasteiger partial charge >= 0.3 is 0 Å². The molecule has 0 radical (unpaired) electrons. The number of methoxy groups -OCH3 is 1. The number of carbonyl (C=O) groups excluding carboxylic acids is 1. The number of halogens is 2. The predicted molar refractivity (Wildman–Crippen MR) is 89.7 cm³/mol. The van der Waals surface area contributed by atoms with E-state index in [0.717, 1.165) is 38.0 Å².